The Morgan fingerprint density at radius 3 is 2.02 bits per heavy atom. The van der Waals surface area contributed by atoms with Crippen LogP contribution in [-0.2, 0) is 19.1 Å². The quantitative estimate of drug-likeness (QED) is 0.123. The molecule has 2 aromatic heterocycles. The lowest BCUT2D eigenvalue weighted by atomic mass is 9.90. The molecule has 4 atom stereocenters. The molecule has 0 aliphatic carbocycles. The molecule has 0 bridgehead atoms. The summed E-state index contributed by atoms with van der Waals surface area (Å²) in [5.41, 5.74) is 5.60. The monoisotopic (exact) mass is 766 g/mol. The van der Waals surface area contributed by atoms with Gasteiger partial charge in [0.1, 0.15) is 23.7 Å². The number of aromatic amines is 2. The van der Waals surface area contributed by atoms with Crippen LogP contribution < -0.4 is 10.6 Å². The smallest absolute Gasteiger partial charge is 0.407 e. The summed E-state index contributed by atoms with van der Waals surface area (Å²) < 4.78 is 10.4. The van der Waals surface area contributed by atoms with E-state index in [0.29, 0.717) is 45.0 Å². The number of nitrogens with zero attached hydrogens (tertiary/aromatic N) is 4. The number of amides is 4. The number of hydrogen-bond donors (Lipinski definition) is 5. The Labute approximate surface area is 325 Å². The highest BCUT2D eigenvalue weighted by Gasteiger charge is 2.40. The van der Waals surface area contributed by atoms with Crippen molar-refractivity contribution in [3.63, 3.8) is 0 Å². The van der Waals surface area contributed by atoms with E-state index in [2.05, 4.69) is 44.9 Å². The van der Waals surface area contributed by atoms with Gasteiger partial charge in [-0.1, -0.05) is 62.4 Å². The summed E-state index contributed by atoms with van der Waals surface area (Å²) in [7, 11) is 1.30. The summed E-state index contributed by atoms with van der Waals surface area (Å²) in [6.45, 7) is 5.91. The number of ether oxygens (including phenoxy) is 2. The SMILES string of the molecule is COC(=O)N[C@H](C(=O)N1CCC[C@H]1c1ncc(-c2ccc(-c3ccc(-c4c[nH]c([C@@H]5CCCN5C(=O)[C@@H](NC(=O)O)C(C)C)n4)cc3)cc2)[nH]1)C1CCOCC1. The van der Waals surface area contributed by atoms with Gasteiger partial charge in [0.25, 0.3) is 0 Å². The van der Waals surface area contributed by atoms with Gasteiger partial charge in [0.05, 0.1) is 36.8 Å². The van der Waals surface area contributed by atoms with Gasteiger partial charge >= 0.3 is 12.2 Å². The van der Waals surface area contributed by atoms with Crippen LogP contribution in [0, 0.1) is 11.8 Å². The number of aromatic nitrogens is 4. The van der Waals surface area contributed by atoms with Gasteiger partial charge in [0, 0.05) is 38.1 Å². The average Bonchev–Trinajstić information content (AvgIpc) is 4.06. The highest BCUT2D eigenvalue weighted by Crippen LogP contribution is 2.35. The van der Waals surface area contributed by atoms with Gasteiger partial charge in [-0.15, -0.1) is 0 Å². The molecule has 0 radical (unpaired) electrons. The van der Waals surface area contributed by atoms with Crippen LogP contribution in [-0.4, -0.2) is 104 Å². The molecular weight excluding hydrogens is 716 g/mol. The molecule has 56 heavy (non-hydrogen) atoms. The van der Waals surface area contributed by atoms with E-state index >= 15 is 0 Å². The number of alkyl carbamates (subject to hydrolysis) is 1. The number of imidazole rings is 2. The number of likely N-dealkylation sites (tertiary alicyclic amines) is 2. The lowest BCUT2D eigenvalue weighted by Gasteiger charge is -2.34. The summed E-state index contributed by atoms with van der Waals surface area (Å²) in [6, 6.07) is 14.4. The van der Waals surface area contributed by atoms with E-state index in [9.17, 15) is 24.3 Å². The van der Waals surface area contributed by atoms with Gasteiger partial charge in [-0.3, -0.25) is 9.59 Å². The third kappa shape index (κ3) is 8.27. The first-order chi connectivity index (χ1) is 27.1. The fourth-order valence-electron chi connectivity index (χ4n) is 8.23. The van der Waals surface area contributed by atoms with E-state index in [1.165, 1.54) is 7.11 Å². The summed E-state index contributed by atoms with van der Waals surface area (Å²) in [4.78, 5) is 70.7. The molecule has 296 valence electrons. The average molecular weight is 767 g/mol. The lowest BCUT2D eigenvalue weighted by molar-refractivity contribution is -0.137. The van der Waals surface area contributed by atoms with Crippen molar-refractivity contribution in [2.45, 2.75) is 76.5 Å². The summed E-state index contributed by atoms with van der Waals surface area (Å²) in [6.07, 6.45) is 6.37. The molecule has 7 rings (SSSR count). The minimum atomic E-state index is -1.21. The first kappa shape index (κ1) is 38.6. The van der Waals surface area contributed by atoms with Crippen LogP contribution in [0.25, 0.3) is 33.6 Å². The molecule has 15 heteroatoms. The Balaban J connectivity index is 1.00. The van der Waals surface area contributed by atoms with Crippen LogP contribution >= 0.6 is 0 Å². The first-order valence-corrected chi connectivity index (χ1v) is 19.5. The molecule has 0 spiro atoms. The van der Waals surface area contributed by atoms with Gasteiger partial charge in [0.2, 0.25) is 11.8 Å². The topological polar surface area (TPSA) is 195 Å². The second kappa shape index (κ2) is 17.0. The van der Waals surface area contributed by atoms with E-state index in [4.69, 9.17) is 19.4 Å². The number of carbonyl (C=O) groups excluding carboxylic acids is 3. The predicted molar refractivity (Wildman–Crippen MR) is 207 cm³/mol. The van der Waals surface area contributed by atoms with Crippen LogP contribution in [0.5, 0.6) is 0 Å². The number of hydrogen-bond acceptors (Lipinski definition) is 8. The van der Waals surface area contributed by atoms with Gasteiger partial charge in [-0.05, 0) is 67.1 Å². The molecule has 3 saturated heterocycles. The van der Waals surface area contributed by atoms with Crippen molar-refractivity contribution in [2.75, 3.05) is 33.4 Å². The zero-order chi connectivity index (χ0) is 39.3. The fraction of sp³-hybridized carbons (Fsp3) is 0.463. The highest BCUT2D eigenvalue weighted by atomic mass is 16.5. The molecule has 0 unspecified atom stereocenters. The van der Waals surface area contributed by atoms with Crippen molar-refractivity contribution < 1.29 is 33.8 Å². The normalized spacial score (nSPS) is 19.9. The molecule has 5 heterocycles. The molecular formula is C41H50N8O7. The number of carboxylic acid groups (broad SMARTS) is 1. The molecule has 4 aromatic rings. The number of benzene rings is 2. The zero-order valence-corrected chi connectivity index (χ0v) is 32.0. The number of methoxy groups -OCH3 is 1. The highest BCUT2D eigenvalue weighted by molar-refractivity contribution is 5.87. The van der Waals surface area contributed by atoms with Crippen molar-refractivity contribution in [1.82, 2.24) is 40.4 Å². The molecule has 4 amide bonds. The van der Waals surface area contributed by atoms with Gasteiger partial charge < -0.3 is 45.0 Å². The Hall–Kier alpha value is -5.70. The van der Waals surface area contributed by atoms with Crippen LogP contribution in [0.4, 0.5) is 9.59 Å². The molecule has 3 fully saturated rings. The van der Waals surface area contributed by atoms with E-state index in [1.54, 1.807) is 11.1 Å². The Morgan fingerprint density at radius 1 is 0.821 bits per heavy atom. The van der Waals surface area contributed by atoms with E-state index in [0.717, 1.165) is 65.1 Å². The van der Waals surface area contributed by atoms with Crippen LogP contribution in [0.15, 0.2) is 60.9 Å². The maximum Gasteiger partial charge on any atom is 0.407 e. The Morgan fingerprint density at radius 2 is 1.41 bits per heavy atom. The number of rotatable bonds is 11. The number of carbonyl (C=O) groups is 4. The molecule has 0 saturated carbocycles. The largest absolute Gasteiger partial charge is 0.465 e. The fourth-order valence-corrected chi connectivity index (χ4v) is 8.23. The van der Waals surface area contributed by atoms with Gasteiger partial charge in [0.15, 0.2) is 0 Å². The van der Waals surface area contributed by atoms with Crippen molar-refractivity contribution in [3.8, 4) is 33.6 Å². The van der Waals surface area contributed by atoms with E-state index in [-0.39, 0.29) is 35.7 Å². The van der Waals surface area contributed by atoms with Gasteiger partial charge in [-0.25, -0.2) is 19.6 Å². The minimum absolute atomic E-state index is 0.0295. The molecule has 3 aliphatic rings. The van der Waals surface area contributed by atoms with Crippen LogP contribution in [0.3, 0.4) is 0 Å². The molecule has 5 N–H and O–H groups in total. The maximum absolute atomic E-state index is 13.9. The van der Waals surface area contributed by atoms with E-state index < -0.39 is 24.3 Å². The maximum atomic E-state index is 13.9. The van der Waals surface area contributed by atoms with Gasteiger partial charge in [-0.2, -0.15) is 0 Å². The van der Waals surface area contributed by atoms with Crippen molar-refractivity contribution in [2.24, 2.45) is 11.8 Å². The third-order valence-electron chi connectivity index (χ3n) is 11.3. The summed E-state index contributed by atoms with van der Waals surface area (Å²) in [5.74, 6) is 0.838. The van der Waals surface area contributed by atoms with Crippen molar-refractivity contribution in [1.29, 1.82) is 0 Å². The Kier molecular flexibility index (Phi) is 11.7. The molecule has 15 nitrogen and oxygen atoms in total. The first-order valence-electron chi connectivity index (χ1n) is 19.5. The van der Waals surface area contributed by atoms with Crippen LogP contribution in [0.1, 0.15) is 76.1 Å². The van der Waals surface area contributed by atoms with E-state index in [1.807, 2.05) is 49.2 Å². The number of nitrogens with one attached hydrogen (secondary N) is 4. The third-order valence-corrected chi connectivity index (χ3v) is 11.3. The zero-order valence-electron chi connectivity index (χ0n) is 32.0. The number of H-pyrrole nitrogens is 2. The Bertz CT molecular complexity index is 2000. The minimum Gasteiger partial charge on any atom is -0.465 e. The van der Waals surface area contributed by atoms with Crippen molar-refractivity contribution >= 4 is 24.0 Å². The van der Waals surface area contributed by atoms with Crippen molar-refractivity contribution in [3.05, 3.63) is 72.6 Å². The molecule has 3 aliphatic heterocycles. The summed E-state index contributed by atoms with van der Waals surface area (Å²) in [5, 5.41) is 14.5. The lowest BCUT2D eigenvalue weighted by Crippen LogP contribution is -2.53. The second-order valence-electron chi connectivity index (χ2n) is 15.1. The predicted octanol–water partition coefficient (Wildman–Crippen LogP) is 5.90. The van der Waals surface area contributed by atoms with Crippen LogP contribution in [0.2, 0.25) is 0 Å². The summed E-state index contributed by atoms with van der Waals surface area (Å²) >= 11 is 0. The molecule has 2 aromatic carbocycles. The second-order valence-corrected chi connectivity index (χ2v) is 15.1. The standard InChI is InChI=1S/C41H50N8O7/c1-24(2)34(46-40(52)53)38(50)48-18-4-6-32(48)36-42-22-30(44-36)27-12-8-25(9-13-27)26-10-14-28(15-11-26)31-23-43-37(45-31)33-7-5-19-49(33)39(51)35(47-41(54)55-3)29-16-20-56-21-17-29/h8-15,22-24,29,32-35,46H,4-7,16-21H2,1-3H3,(H,42,44)(H,43,45)(H,47,54)(H,52,53)/t32-,33-,34-,35-/m0/s1.